The summed E-state index contributed by atoms with van der Waals surface area (Å²) < 4.78 is 26.6. The molecule has 0 amide bonds. The van der Waals surface area contributed by atoms with Gasteiger partial charge in [-0.15, -0.1) is 18.3 Å². The number of rotatable bonds is 18. The standard InChI is InChI=1S/C41H55NO7S2/c1-4-23-46-41-37(51-5-2)27-35(42-49-38-14-8-11-24-45-38)33-25-28(12-6-9-21-43)32(13-7-10-22-44)39(40(33)41)34-26-30(17-20-36(34)48-41)47-29-15-18-31(50-3)19-16-29/h4,15-20,25-26,28,32,37-40,43-44H,1,5-14,21-24,27H2,2-3H3. The molecule has 2 aromatic carbocycles. The monoisotopic (exact) mass is 737 g/mol. The van der Waals surface area contributed by atoms with Gasteiger partial charge in [-0.05, 0) is 110 Å². The van der Waals surface area contributed by atoms with E-state index in [0.717, 1.165) is 97.6 Å². The molecule has 2 aliphatic carbocycles. The number of aliphatic hydroxyl groups excluding tert-OH is 2. The Bertz CT molecular complexity index is 1490. The lowest BCUT2D eigenvalue weighted by Gasteiger charge is -2.58. The van der Waals surface area contributed by atoms with Crippen molar-refractivity contribution in [1.29, 1.82) is 0 Å². The lowest BCUT2D eigenvalue weighted by Crippen LogP contribution is -2.64. The molecule has 0 aromatic heterocycles. The molecule has 10 heteroatoms. The Morgan fingerprint density at radius 3 is 2.51 bits per heavy atom. The quantitative estimate of drug-likeness (QED) is 0.0672. The van der Waals surface area contributed by atoms with Crippen LogP contribution in [0.25, 0.3) is 0 Å². The van der Waals surface area contributed by atoms with Gasteiger partial charge in [0.1, 0.15) is 17.2 Å². The van der Waals surface area contributed by atoms with Gasteiger partial charge in [0.05, 0.1) is 30.1 Å². The van der Waals surface area contributed by atoms with Crippen molar-refractivity contribution < 1.29 is 34.0 Å². The van der Waals surface area contributed by atoms with Crippen LogP contribution in [-0.4, -0.2) is 71.7 Å². The molecule has 2 fully saturated rings. The maximum atomic E-state index is 9.85. The fourth-order valence-electron chi connectivity index (χ4n) is 8.44. The van der Waals surface area contributed by atoms with Gasteiger partial charge in [0, 0.05) is 42.4 Å². The number of hydrogen-bond acceptors (Lipinski definition) is 10. The summed E-state index contributed by atoms with van der Waals surface area (Å²) in [7, 11) is 0. The number of benzene rings is 2. The van der Waals surface area contributed by atoms with Crippen molar-refractivity contribution in [3.8, 4) is 17.2 Å². The van der Waals surface area contributed by atoms with Crippen LogP contribution >= 0.6 is 23.5 Å². The largest absolute Gasteiger partial charge is 0.460 e. The summed E-state index contributed by atoms with van der Waals surface area (Å²) in [4.78, 5) is 7.37. The molecule has 7 atom stereocenters. The van der Waals surface area contributed by atoms with Crippen LogP contribution in [-0.2, 0) is 14.3 Å². The molecule has 278 valence electrons. The minimum Gasteiger partial charge on any atom is -0.460 e. The van der Waals surface area contributed by atoms with E-state index in [9.17, 15) is 10.2 Å². The summed E-state index contributed by atoms with van der Waals surface area (Å²) in [5.74, 6) is 2.62. The first-order valence-electron chi connectivity index (χ1n) is 18.8. The van der Waals surface area contributed by atoms with Gasteiger partial charge in [0.25, 0.3) is 0 Å². The first kappa shape index (κ1) is 38.3. The Kier molecular flexibility index (Phi) is 13.9. The Morgan fingerprint density at radius 1 is 1.02 bits per heavy atom. The summed E-state index contributed by atoms with van der Waals surface area (Å²) in [6.07, 6.45) is 14.8. The van der Waals surface area contributed by atoms with Crippen molar-refractivity contribution in [3.05, 3.63) is 72.3 Å². The van der Waals surface area contributed by atoms with Crippen LogP contribution in [0, 0.1) is 17.8 Å². The van der Waals surface area contributed by atoms with Crippen molar-refractivity contribution in [2.45, 2.75) is 99.3 Å². The highest BCUT2D eigenvalue weighted by molar-refractivity contribution is 8.00. The molecule has 2 heterocycles. The minimum atomic E-state index is -0.958. The Balaban J connectivity index is 1.50. The number of nitrogens with zero attached hydrogens (tertiary/aromatic N) is 1. The number of allylic oxidation sites excluding steroid dienone is 1. The van der Waals surface area contributed by atoms with E-state index in [1.165, 1.54) is 4.90 Å². The highest BCUT2D eigenvalue weighted by Gasteiger charge is 2.63. The third-order valence-electron chi connectivity index (χ3n) is 10.7. The molecule has 0 radical (unpaired) electrons. The summed E-state index contributed by atoms with van der Waals surface area (Å²) >= 11 is 3.55. The van der Waals surface area contributed by atoms with Gasteiger partial charge < -0.3 is 34.0 Å². The molecular weight excluding hydrogens is 683 g/mol. The predicted molar refractivity (Wildman–Crippen MR) is 206 cm³/mol. The van der Waals surface area contributed by atoms with E-state index in [1.807, 2.05) is 36.0 Å². The molecule has 2 aromatic rings. The maximum absolute atomic E-state index is 9.85. The number of aliphatic hydroxyl groups is 2. The number of thioether (sulfide) groups is 2. The van der Waals surface area contributed by atoms with E-state index in [-0.39, 0.29) is 48.4 Å². The lowest BCUT2D eigenvalue weighted by molar-refractivity contribution is -0.223. The molecular formula is C41H55NO7S2. The highest BCUT2D eigenvalue weighted by Crippen LogP contribution is 2.62. The molecule has 1 saturated carbocycles. The molecule has 51 heavy (non-hydrogen) atoms. The van der Waals surface area contributed by atoms with Crippen LogP contribution < -0.4 is 9.47 Å². The van der Waals surface area contributed by atoms with Gasteiger partial charge in [-0.25, -0.2) is 0 Å². The Hall–Kier alpha value is -2.47. The number of oxime groups is 1. The zero-order valence-electron chi connectivity index (χ0n) is 30.2. The third kappa shape index (κ3) is 8.68. The number of ether oxygens (including phenoxy) is 4. The summed E-state index contributed by atoms with van der Waals surface area (Å²) in [5.41, 5.74) is 3.18. The average molecular weight is 738 g/mol. The number of unbranched alkanes of at least 4 members (excludes halogenated alkanes) is 2. The van der Waals surface area contributed by atoms with Crippen LogP contribution in [0.4, 0.5) is 0 Å². The minimum absolute atomic E-state index is 0.0233. The van der Waals surface area contributed by atoms with E-state index >= 15 is 0 Å². The SMILES string of the molecule is C=CCOC12Oc3ccc(Oc4ccc(SC)cc4)cc3C3C(CCCCO)C(CCCCO)C=C(C(=NOC4CCCCO4)CC1SCC)C32. The van der Waals surface area contributed by atoms with Crippen molar-refractivity contribution in [1.82, 2.24) is 0 Å². The van der Waals surface area contributed by atoms with Gasteiger partial charge in [-0.3, -0.25) is 0 Å². The molecule has 0 bridgehead atoms. The average Bonchev–Trinajstić information content (AvgIpc) is 3.16. The Labute approximate surface area is 312 Å². The normalized spacial score (nSPS) is 29.0. The fourth-order valence-corrected chi connectivity index (χ4v) is 10.0. The van der Waals surface area contributed by atoms with Crippen LogP contribution in [0.5, 0.6) is 17.2 Å². The predicted octanol–water partition coefficient (Wildman–Crippen LogP) is 9.11. The van der Waals surface area contributed by atoms with E-state index in [1.54, 1.807) is 11.8 Å². The maximum Gasteiger partial charge on any atom is 0.230 e. The van der Waals surface area contributed by atoms with Crippen molar-refractivity contribution >= 4 is 29.2 Å². The fraction of sp³-hybridized carbons (Fsp3) is 0.585. The lowest BCUT2D eigenvalue weighted by atomic mass is 9.56. The summed E-state index contributed by atoms with van der Waals surface area (Å²) in [6.45, 7) is 7.59. The van der Waals surface area contributed by atoms with Gasteiger partial charge >= 0.3 is 0 Å². The van der Waals surface area contributed by atoms with Crippen LogP contribution in [0.3, 0.4) is 0 Å². The molecule has 6 rings (SSSR count). The van der Waals surface area contributed by atoms with Crippen LogP contribution in [0.15, 0.2) is 76.8 Å². The van der Waals surface area contributed by atoms with Crippen LogP contribution in [0.1, 0.15) is 82.6 Å². The first-order chi connectivity index (χ1) is 25.0. The van der Waals surface area contributed by atoms with Crippen molar-refractivity contribution in [2.24, 2.45) is 22.9 Å². The zero-order valence-corrected chi connectivity index (χ0v) is 31.8. The molecule has 7 unspecified atom stereocenters. The van der Waals surface area contributed by atoms with E-state index in [4.69, 9.17) is 28.9 Å². The van der Waals surface area contributed by atoms with Crippen LogP contribution in [0.2, 0.25) is 0 Å². The second-order valence-corrected chi connectivity index (χ2v) is 16.2. The molecule has 0 spiro atoms. The van der Waals surface area contributed by atoms with Gasteiger partial charge in [-0.1, -0.05) is 37.1 Å². The van der Waals surface area contributed by atoms with Crippen molar-refractivity contribution in [3.63, 3.8) is 0 Å². The number of fused-ring (bicyclic) bond motifs is 2. The van der Waals surface area contributed by atoms with E-state index in [2.05, 4.69) is 50.1 Å². The van der Waals surface area contributed by atoms with Crippen molar-refractivity contribution in [2.75, 3.05) is 38.4 Å². The van der Waals surface area contributed by atoms with Gasteiger partial charge in [0.2, 0.25) is 12.1 Å². The zero-order chi connectivity index (χ0) is 35.6. The number of hydrogen-bond donors (Lipinski definition) is 2. The smallest absolute Gasteiger partial charge is 0.230 e. The van der Waals surface area contributed by atoms with Gasteiger partial charge in [0.15, 0.2) is 0 Å². The van der Waals surface area contributed by atoms with E-state index in [0.29, 0.717) is 19.6 Å². The molecule has 1 saturated heterocycles. The highest BCUT2D eigenvalue weighted by atomic mass is 32.2. The summed E-state index contributed by atoms with van der Waals surface area (Å²) in [5, 5.41) is 24.5. The molecule has 2 aliphatic heterocycles. The third-order valence-corrected chi connectivity index (χ3v) is 12.7. The van der Waals surface area contributed by atoms with Gasteiger partial charge in [-0.2, -0.15) is 11.8 Å². The molecule has 8 nitrogen and oxygen atoms in total. The Morgan fingerprint density at radius 2 is 1.80 bits per heavy atom. The molecule has 4 aliphatic rings. The van der Waals surface area contributed by atoms with E-state index < -0.39 is 5.79 Å². The molecule has 2 N–H and O–H groups in total. The topological polar surface area (TPSA) is 99.0 Å². The second kappa shape index (κ2) is 18.5. The second-order valence-electron chi connectivity index (χ2n) is 13.9. The first-order valence-corrected chi connectivity index (χ1v) is 21.1. The summed E-state index contributed by atoms with van der Waals surface area (Å²) in [6, 6.07) is 14.4.